The fourth-order valence-electron chi connectivity index (χ4n) is 4.27. The van der Waals surface area contributed by atoms with Crippen LogP contribution in [0, 0.1) is 5.92 Å². The van der Waals surface area contributed by atoms with E-state index >= 15 is 0 Å². The number of benzene rings is 1. The van der Waals surface area contributed by atoms with E-state index in [2.05, 4.69) is 17.0 Å². The van der Waals surface area contributed by atoms with Crippen LogP contribution in [0.1, 0.15) is 31.2 Å². The van der Waals surface area contributed by atoms with Crippen molar-refractivity contribution >= 4 is 10.2 Å². The first-order valence-corrected chi connectivity index (χ1v) is 11.5. The predicted octanol–water partition coefficient (Wildman–Crippen LogP) is 2.22. The van der Waals surface area contributed by atoms with Gasteiger partial charge in [-0.1, -0.05) is 18.2 Å². The summed E-state index contributed by atoms with van der Waals surface area (Å²) in [5.74, 6) is 1.35. The van der Waals surface area contributed by atoms with E-state index < -0.39 is 10.2 Å². The van der Waals surface area contributed by atoms with Crippen LogP contribution < -0.4 is 4.74 Å². The Morgan fingerprint density at radius 3 is 2.63 bits per heavy atom. The summed E-state index contributed by atoms with van der Waals surface area (Å²) in [5.41, 5.74) is 1.23. The molecule has 6 nitrogen and oxygen atoms in total. The van der Waals surface area contributed by atoms with E-state index in [4.69, 9.17) is 4.74 Å². The maximum absolute atomic E-state index is 12.7. The molecule has 0 amide bonds. The summed E-state index contributed by atoms with van der Waals surface area (Å²) < 4.78 is 34.0. The van der Waals surface area contributed by atoms with Gasteiger partial charge in [-0.15, -0.1) is 0 Å². The number of likely N-dealkylation sites (tertiary alicyclic amines) is 1. The van der Waals surface area contributed by atoms with E-state index in [1.807, 2.05) is 12.1 Å². The highest BCUT2D eigenvalue weighted by molar-refractivity contribution is 7.86. The average molecular weight is 396 g/mol. The van der Waals surface area contributed by atoms with Crippen LogP contribution >= 0.6 is 0 Å². The molecule has 2 aliphatic heterocycles. The number of ether oxygens (including phenoxy) is 1. The van der Waals surface area contributed by atoms with Crippen LogP contribution in [0.15, 0.2) is 24.3 Å². The highest BCUT2D eigenvalue weighted by atomic mass is 32.2. The van der Waals surface area contributed by atoms with Gasteiger partial charge in [-0.25, -0.2) is 0 Å². The highest BCUT2D eigenvalue weighted by Crippen LogP contribution is 2.23. The van der Waals surface area contributed by atoms with Gasteiger partial charge in [0.05, 0.1) is 7.11 Å². The molecular formula is C20H33N3O3S. The SMILES string of the molecule is COc1ccccc1CCN1CCC[C@@H](CN(C)S(=O)(=O)N2CCCC2)C1. The summed E-state index contributed by atoms with van der Waals surface area (Å²) >= 11 is 0. The van der Waals surface area contributed by atoms with Crippen molar-refractivity contribution in [3.05, 3.63) is 29.8 Å². The molecule has 2 aliphatic rings. The van der Waals surface area contributed by atoms with Gasteiger partial charge < -0.3 is 9.64 Å². The number of hydrogen-bond acceptors (Lipinski definition) is 4. The number of rotatable bonds is 8. The lowest BCUT2D eigenvalue weighted by molar-refractivity contribution is 0.161. The predicted molar refractivity (Wildman–Crippen MR) is 108 cm³/mol. The van der Waals surface area contributed by atoms with Gasteiger partial charge in [0.2, 0.25) is 0 Å². The van der Waals surface area contributed by atoms with Crippen molar-refractivity contribution in [2.75, 3.05) is 53.4 Å². The maximum Gasteiger partial charge on any atom is 0.281 e. The average Bonchev–Trinajstić information content (AvgIpc) is 3.22. The second-order valence-electron chi connectivity index (χ2n) is 7.77. The molecule has 1 aromatic rings. The normalized spacial score (nSPS) is 22.4. The molecule has 152 valence electrons. The van der Waals surface area contributed by atoms with Crippen molar-refractivity contribution < 1.29 is 13.2 Å². The summed E-state index contributed by atoms with van der Waals surface area (Å²) in [6, 6.07) is 8.17. The molecule has 7 heteroatoms. The Labute approximate surface area is 164 Å². The third kappa shape index (κ3) is 5.22. The minimum Gasteiger partial charge on any atom is -0.496 e. The largest absolute Gasteiger partial charge is 0.496 e. The van der Waals surface area contributed by atoms with Crippen LogP contribution in [0.4, 0.5) is 0 Å². The number of piperidine rings is 1. The molecule has 0 spiro atoms. The summed E-state index contributed by atoms with van der Waals surface area (Å²) in [6.07, 6.45) is 5.15. The molecule has 0 radical (unpaired) electrons. The van der Waals surface area contributed by atoms with Crippen LogP contribution in [0.2, 0.25) is 0 Å². The minimum atomic E-state index is -3.29. The molecule has 1 atom stereocenters. The Hall–Kier alpha value is -1.15. The van der Waals surface area contributed by atoms with E-state index in [9.17, 15) is 8.42 Å². The molecule has 2 heterocycles. The Morgan fingerprint density at radius 1 is 1.15 bits per heavy atom. The molecule has 3 rings (SSSR count). The first-order chi connectivity index (χ1) is 13.0. The molecule has 27 heavy (non-hydrogen) atoms. The molecule has 0 bridgehead atoms. The van der Waals surface area contributed by atoms with Crippen molar-refractivity contribution in [2.45, 2.75) is 32.1 Å². The molecule has 0 unspecified atom stereocenters. The second kappa shape index (κ2) is 9.37. The Balaban J connectivity index is 1.51. The van der Waals surface area contributed by atoms with Crippen molar-refractivity contribution in [2.24, 2.45) is 5.92 Å². The highest BCUT2D eigenvalue weighted by Gasteiger charge is 2.31. The number of hydrogen-bond donors (Lipinski definition) is 0. The van der Waals surface area contributed by atoms with Gasteiger partial charge in [0.1, 0.15) is 5.75 Å². The lowest BCUT2D eigenvalue weighted by atomic mass is 9.97. The molecule has 1 aromatic carbocycles. The van der Waals surface area contributed by atoms with Crippen LogP contribution in [0.3, 0.4) is 0 Å². The van der Waals surface area contributed by atoms with Crippen LogP contribution in [0.25, 0.3) is 0 Å². The van der Waals surface area contributed by atoms with E-state index in [0.29, 0.717) is 25.6 Å². The molecule has 2 saturated heterocycles. The molecule has 0 N–H and O–H groups in total. The molecule has 0 aromatic heterocycles. The summed E-state index contributed by atoms with van der Waals surface area (Å²) in [5, 5.41) is 0. The van der Waals surface area contributed by atoms with Crippen LogP contribution in [-0.2, 0) is 16.6 Å². The van der Waals surface area contributed by atoms with Crippen molar-refractivity contribution in [1.29, 1.82) is 0 Å². The van der Waals surface area contributed by atoms with E-state index in [1.165, 1.54) is 5.56 Å². The Bertz CT molecular complexity index is 704. The van der Waals surface area contributed by atoms with Crippen LogP contribution in [-0.4, -0.2) is 75.4 Å². The van der Waals surface area contributed by atoms with E-state index in [1.54, 1.807) is 22.8 Å². The van der Waals surface area contributed by atoms with Gasteiger partial charge in [-0.3, -0.25) is 0 Å². The van der Waals surface area contributed by atoms with E-state index in [-0.39, 0.29) is 0 Å². The Kier molecular flexibility index (Phi) is 7.14. The zero-order valence-corrected chi connectivity index (χ0v) is 17.5. The lowest BCUT2D eigenvalue weighted by Gasteiger charge is -2.35. The van der Waals surface area contributed by atoms with E-state index in [0.717, 1.165) is 57.5 Å². The molecule has 0 saturated carbocycles. The standard InChI is InChI=1S/C20H33N3O3S/c1-21(27(24,25)23-13-5-6-14-23)16-18-8-7-12-22(17-18)15-11-19-9-3-4-10-20(19)26-2/h3-4,9-10,18H,5-8,11-17H2,1-2H3/t18-/m0/s1. The fraction of sp³-hybridized carbons (Fsp3) is 0.700. The Morgan fingerprint density at radius 2 is 1.89 bits per heavy atom. The van der Waals surface area contributed by atoms with Gasteiger partial charge in [-0.2, -0.15) is 17.0 Å². The molecular weight excluding hydrogens is 362 g/mol. The zero-order valence-electron chi connectivity index (χ0n) is 16.6. The minimum absolute atomic E-state index is 0.402. The smallest absolute Gasteiger partial charge is 0.281 e. The van der Waals surface area contributed by atoms with Crippen molar-refractivity contribution in [3.8, 4) is 5.75 Å². The van der Waals surface area contributed by atoms with Gasteiger partial charge >= 0.3 is 0 Å². The zero-order chi connectivity index (χ0) is 19.3. The summed E-state index contributed by atoms with van der Waals surface area (Å²) in [6.45, 7) is 5.00. The number of nitrogens with zero attached hydrogens (tertiary/aromatic N) is 3. The topological polar surface area (TPSA) is 53.1 Å². The number of methoxy groups -OCH3 is 1. The third-order valence-corrected chi connectivity index (χ3v) is 7.75. The molecule has 2 fully saturated rings. The number of para-hydroxylation sites is 1. The first-order valence-electron chi connectivity index (χ1n) is 10.1. The van der Waals surface area contributed by atoms with Gasteiger partial charge in [0.25, 0.3) is 10.2 Å². The fourth-order valence-corrected chi connectivity index (χ4v) is 5.78. The maximum atomic E-state index is 12.7. The summed E-state index contributed by atoms with van der Waals surface area (Å²) in [7, 11) is 0.164. The lowest BCUT2D eigenvalue weighted by Crippen LogP contribution is -2.46. The second-order valence-corrected chi connectivity index (χ2v) is 9.80. The third-order valence-electron chi connectivity index (χ3n) is 5.79. The van der Waals surface area contributed by atoms with Crippen LogP contribution in [0.5, 0.6) is 5.75 Å². The van der Waals surface area contributed by atoms with Gasteiger partial charge in [0.15, 0.2) is 0 Å². The van der Waals surface area contributed by atoms with Crippen molar-refractivity contribution in [1.82, 2.24) is 13.5 Å². The van der Waals surface area contributed by atoms with Crippen molar-refractivity contribution in [3.63, 3.8) is 0 Å². The quantitative estimate of drug-likeness (QED) is 0.677. The first kappa shape index (κ1) is 20.6. The monoisotopic (exact) mass is 395 g/mol. The van der Waals surface area contributed by atoms with Gasteiger partial charge in [0, 0.05) is 39.8 Å². The molecule has 0 aliphatic carbocycles. The summed E-state index contributed by atoms with van der Waals surface area (Å²) in [4.78, 5) is 2.47. The van der Waals surface area contributed by atoms with Gasteiger partial charge in [-0.05, 0) is 56.2 Å².